The molecule has 0 aromatic rings. The molecule has 0 aliphatic heterocycles. The lowest BCUT2D eigenvalue weighted by molar-refractivity contribution is -0.141. The van der Waals surface area contributed by atoms with Crippen LogP contribution in [0.25, 0.3) is 0 Å². The molecule has 68 valence electrons. The van der Waals surface area contributed by atoms with Crippen LogP contribution in [0.2, 0.25) is 0 Å². The first-order valence-corrected chi connectivity index (χ1v) is 3.59. The minimum atomic E-state index is -0.380. The molecule has 0 amide bonds. The number of carbonyl (C=O) groups is 1. The molecule has 2 N–H and O–H groups in total. The largest absolute Gasteiger partial charge is 0.466 e. The van der Waals surface area contributed by atoms with Crippen LogP contribution in [0.15, 0.2) is 0 Å². The van der Waals surface area contributed by atoms with Crippen LogP contribution in [0.5, 0.6) is 0 Å². The normalized spacial score (nSPS) is 11.5. The van der Waals surface area contributed by atoms with Crippen LogP contribution in [0, 0.1) is 11.5 Å². The Hall–Kier alpha value is -1.28. The predicted octanol–water partition coefficient (Wildman–Crippen LogP) is -0.363. The Kier molecular flexibility index (Phi) is 4.81. The minimum absolute atomic E-state index is 0.252. The van der Waals surface area contributed by atoms with Crippen molar-refractivity contribution >= 4 is 5.97 Å². The van der Waals surface area contributed by atoms with Crippen LogP contribution >= 0.6 is 0 Å². The summed E-state index contributed by atoms with van der Waals surface area (Å²) in [7, 11) is 1.58. The highest BCUT2D eigenvalue weighted by Gasteiger charge is 2.07. The fourth-order valence-electron chi connectivity index (χ4n) is 0.591. The number of nitriles is 1. The number of carbonyl (C=O) groups excluding carboxylic acids is 1. The van der Waals surface area contributed by atoms with Gasteiger partial charge in [-0.05, 0) is 0 Å². The summed E-state index contributed by atoms with van der Waals surface area (Å²) in [5.41, 5.74) is 5.53. The first-order valence-electron chi connectivity index (χ1n) is 3.59. The maximum Gasteiger partial charge on any atom is 0.302 e. The minimum Gasteiger partial charge on any atom is -0.466 e. The topological polar surface area (TPSA) is 79.3 Å². The SMILES string of the molecule is CC(=O)OCCC(N)N(C)C#N. The van der Waals surface area contributed by atoms with Crippen molar-refractivity contribution in [2.45, 2.75) is 19.5 Å². The first-order chi connectivity index (χ1) is 5.57. The zero-order valence-electron chi connectivity index (χ0n) is 7.28. The average molecular weight is 171 g/mol. The van der Waals surface area contributed by atoms with Gasteiger partial charge in [0.15, 0.2) is 6.19 Å². The van der Waals surface area contributed by atoms with E-state index in [0.717, 1.165) is 0 Å². The maximum absolute atomic E-state index is 10.3. The van der Waals surface area contributed by atoms with Crippen molar-refractivity contribution < 1.29 is 9.53 Å². The molecule has 0 aliphatic rings. The van der Waals surface area contributed by atoms with Crippen LogP contribution < -0.4 is 5.73 Å². The summed E-state index contributed by atoms with van der Waals surface area (Å²) in [5.74, 6) is -0.332. The molecule has 0 aromatic heterocycles. The second-order valence-electron chi connectivity index (χ2n) is 2.41. The van der Waals surface area contributed by atoms with Gasteiger partial charge in [-0.1, -0.05) is 0 Å². The Bertz CT molecular complexity index is 188. The Balaban J connectivity index is 3.51. The van der Waals surface area contributed by atoms with Gasteiger partial charge in [-0.25, -0.2) is 0 Å². The van der Waals surface area contributed by atoms with Crippen LogP contribution in [0.3, 0.4) is 0 Å². The Labute approximate surface area is 71.7 Å². The van der Waals surface area contributed by atoms with Gasteiger partial charge in [0.2, 0.25) is 0 Å². The van der Waals surface area contributed by atoms with E-state index in [9.17, 15) is 4.79 Å². The van der Waals surface area contributed by atoms with Gasteiger partial charge in [0.1, 0.15) is 0 Å². The quantitative estimate of drug-likeness (QED) is 0.270. The second-order valence-corrected chi connectivity index (χ2v) is 2.41. The molecule has 0 heterocycles. The van der Waals surface area contributed by atoms with E-state index < -0.39 is 0 Å². The van der Waals surface area contributed by atoms with Crippen molar-refractivity contribution in [3.8, 4) is 6.19 Å². The maximum atomic E-state index is 10.3. The monoisotopic (exact) mass is 171 g/mol. The lowest BCUT2D eigenvalue weighted by Gasteiger charge is -2.17. The highest BCUT2D eigenvalue weighted by molar-refractivity contribution is 5.65. The van der Waals surface area contributed by atoms with Gasteiger partial charge in [-0.2, -0.15) is 5.26 Å². The molecule has 0 aliphatic carbocycles. The summed E-state index contributed by atoms with van der Waals surface area (Å²) >= 11 is 0. The summed E-state index contributed by atoms with van der Waals surface area (Å²) < 4.78 is 4.65. The van der Waals surface area contributed by atoms with Crippen LogP contribution in [-0.2, 0) is 9.53 Å². The van der Waals surface area contributed by atoms with E-state index in [0.29, 0.717) is 6.42 Å². The Morgan fingerprint density at radius 3 is 2.83 bits per heavy atom. The van der Waals surface area contributed by atoms with Gasteiger partial charge in [0.05, 0.1) is 12.8 Å². The number of ether oxygens (including phenoxy) is 1. The first kappa shape index (κ1) is 10.7. The van der Waals surface area contributed by atoms with E-state index >= 15 is 0 Å². The fourth-order valence-corrected chi connectivity index (χ4v) is 0.591. The smallest absolute Gasteiger partial charge is 0.302 e. The van der Waals surface area contributed by atoms with Crippen molar-refractivity contribution in [3.05, 3.63) is 0 Å². The molecular weight excluding hydrogens is 158 g/mol. The summed E-state index contributed by atoms with van der Waals surface area (Å²) in [6.45, 7) is 1.59. The molecule has 0 aromatic carbocycles. The number of nitrogens with zero attached hydrogens (tertiary/aromatic N) is 2. The van der Waals surface area contributed by atoms with Crippen LogP contribution in [0.4, 0.5) is 0 Å². The van der Waals surface area contributed by atoms with Crippen LogP contribution in [-0.4, -0.2) is 30.7 Å². The molecule has 0 saturated carbocycles. The lowest BCUT2D eigenvalue weighted by atomic mass is 10.3. The molecule has 0 spiro atoms. The highest BCUT2D eigenvalue weighted by atomic mass is 16.5. The molecule has 0 radical (unpaired) electrons. The van der Waals surface area contributed by atoms with Crippen molar-refractivity contribution in [2.75, 3.05) is 13.7 Å². The van der Waals surface area contributed by atoms with Crippen molar-refractivity contribution in [2.24, 2.45) is 5.73 Å². The van der Waals surface area contributed by atoms with Gasteiger partial charge < -0.3 is 10.5 Å². The summed E-state index contributed by atoms with van der Waals surface area (Å²) in [4.78, 5) is 11.6. The molecule has 1 unspecified atom stereocenters. The lowest BCUT2D eigenvalue weighted by Crippen LogP contribution is -2.36. The standard InChI is InChI=1S/C7H13N3O2/c1-6(11)12-4-3-7(9)10(2)5-8/h7H,3-4,9H2,1-2H3. The van der Waals surface area contributed by atoms with E-state index in [1.165, 1.54) is 11.8 Å². The molecule has 0 bridgehead atoms. The summed E-state index contributed by atoms with van der Waals surface area (Å²) in [6.07, 6.45) is 1.95. The number of nitrogens with two attached hydrogens (primary N) is 1. The van der Waals surface area contributed by atoms with E-state index in [1.54, 1.807) is 7.05 Å². The summed E-state index contributed by atoms with van der Waals surface area (Å²) in [6, 6.07) is 0. The molecule has 0 rings (SSSR count). The highest BCUT2D eigenvalue weighted by Crippen LogP contribution is 1.93. The van der Waals surface area contributed by atoms with Gasteiger partial charge in [0, 0.05) is 20.4 Å². The third-order valence-corrected chi connectivity index (χ3v) is 1.37. The Morgan fingerprint density at radius 2 is 2.42 bits per heavy atom. The summed E-state index contributed by atoms with van der Waals surface area (Å²) in [5, 5.41) is 8.40. The molecule has 1 atom stereocenters. The molecular formula is C7H13N3O2. The third kappa shape index (κ3) is 4.52. The molecule has 12 heavy (non-hydrogen) atoms. The zero-order valence-corrected chi connectivity index (χ0v) is 7.28. The fraction of sp³-hybridized carbons (Fsp3) is 0.714. The second kappa shape index (κ2) is 5.38. The number of esters is 1. The van der Waals surface area contributed by atoms with Gasteiger partial charge in [-0.15, -0.1) is 0 Å². The zero-order chi connectivity index (χ0) is 9.56. The third-order valence-electron chi connectivity index (χ3n) is 1.37. The van der Waals surface area contributed by atoms with E-state index in [4.69, 9.17) is 11.0 Å². The molecule has 0 saturated heterocycles. The molecule has 5 heteroatoms. The van der Waals surface area contributed by atoms with Gasteiger partial charge >= 0.3 is 5.97 Å². The molecule has 0 fully saturated rings. The number of hydrogen-bond acceptors (Lipinski definition) is 5. The van der Waals surface area contributed by atoms with Crippen molar-refractivity contribution in [1.82, 2.24) is 4.90 Å². The van der Waals surface area contributed by atoms with Crippen molar-refractivity contribution in [3.63, 3.8) is 0 Å². The Morgan fingerprint density at radius 1 is 1.83 bits per heavy atom. The van der Waals surface area contributed by atoms with Gasteiger partial charge in [0.25, 0.3) is 0 Å². The number of hydrogen-bond donors (Lipinski definition) is 1. The predicted molar refractivity (Wildman–Crippen MR) is 42.6 cm³/mol. The van der Waals surface area contributed by atoms with Crippen LogP contribution in [0.1, 0.15) is 13.3 Å². The average Bonchev–Trinajstić information content (AvgIpc) is 2.02. The van der Waals surface area contributed by atoms with E-state index in [1.807, 2.05) is 6.19 Å². The number of rotatable bonds is 4. The molecule has 5 nitrogen and oxygen atoms in total. The van der Waals surface area contributed by atoms with E-state index in [-0.39, 0.29) is 18.7 Å². The van der Waals surface area contributed by atoms with Crippen molar-refractivity contribution in [1.29, 1.82) is 5.26 Å². The van der Waals surface area contributed by atoms with Gasteiger partial charge in [-0.3, -0.25) is 9.69 Å². The van der Waals surface area contributed by atoms with E-state index in [2.05, 4.69) is 4.74 Å².